The van der Waals surface area contributed by atoms with Crippen molar-refractivity contribution in [2.24, 2.45) is 0 Å². The zero-order valence-electron chi connectivity index (χ0n) is 24.6. The molecule has 0 unspecified atom stereocenters. The first-order chi connectivity index (χ1) is 21.5. The van der Waals surface area contributed by atoms with Crippen molar-refractivity contribution in [3.8, 4) is 23.2 Å². The molecule has 7 rings (SSSR count). The fourth-order valence-electron chi connectivity index (χ4n) is 7.37. The molecule has 1 atom stereocenters. The highest BCUT2D eigenvalue weighted by atomic mass is 35.5. The molecule has 3 saturated heterocycles. The van der Waals surface area contributed by atoms with Crippen LogP contribution in [0.4, 0.5) is 5.82 Å². The number of benzene rings is 2. The third-order valence-corrected chi connectivity index (χ3v) is 9.86. The number of pyridine rings is 1. The van der Waals surface area contributed by atoms with E-state index in [0.717, 1.165) is 64.6 Å². The zero-order chi connectivity index (χ0) is 30.3. The second-order valence-electron chi connectivity index (χ2n) is 12.0. The molecule has 224 valence electrons. The minimum Gasteiger partial charge on any atom is -0.461 e. The molecular weight excluding hydrogens is 574 g/mol. The molecule has 0 bridgehead atoms. The number of amides is 1. The van der Waals surface area contributed by atoms with Crippen molar-refractivity contribution in [2.45, 2.75) is 43.7 Å². The van der Waals surface area contributed by atoms with Gasteiger partial charge >= 0.3 is 6.01 Å². The van der Waals surface area contributed by atoms with E-state index in [0.29, 0.717) is 37.3 Å². The van der Waals surface area contributed by atoms with Gasteiger partial charge in [-0.25, -0.2) is 0 Å². The predicted octanol–water partition coefficient (Wildman–Crippen LogP) is 5.62. The third kappa shape index (κ3) is 5.02. The van der Waals surface area contributed by atoms with E-state index >= 15 is 0 Å². The maximum Gasteiger partial charge on any atom is 0.319 e. The Morgan fingerprint density at radius 3 is 2.77 bits per heavy atom. The molecule has 0 aliphatic carbocycles. The fraction of sp³-hybridized carbons (Fsp3) is 0.382. The second-order valence-corrected chi connectivity index (χ2v) is 12.4. The molecule has 0 N–H and O–H groups in total. The highest BCUT2D eigenvalue weighted by molar-refractivity contribution is 6.36. The van der Waals surface area contributed by atoms with Crippen molar-refractivity contribution in [3.05, 3.63) is 66.5 Å². The molecule has 0 spiro atoms. The number of halogens is 1. The van der Waals surface area contributed by atoms with Gasteiger partial charge in [-0.1, -0.05) is 36.4 Å². The number of rotatable bonds is 7. The van der Waals surface area contributed by atoms with Crippen molar-refractivity contribution in [3.63, 3.8) is 0 Å². The molecule has 3 fully saturated rings. The Bertz CT molecular complexity index is 1790. The maximum atomic E-state index is 12.6. The van der Waals surface area contributed by atoms with Crippen LogP contribution in [0.25, 0.3) is 32.8 Å². The lowest BCUT2D eigenvalue weighted by Crippen LogP contribution is -2.55. The van der Waals surface area contributed by atoms with E-state index in [-0.39, 0.29) is 23.9 Å². The van der Waals surface area contributed by atoms with Crippen molar-refractivity contribution >= 4 is 45.0 Å². The highest BCUT2D eigenvalue weighted by Crippen LogP contribution is 2.40. The molecule has 4 aromatic rings. The molecule has 10 heteroatoms. The van der Waals surface area contributed by atoms with Gasteiger partial charge in [0.25, 0.3) is 0 Å². The van der Waals surface area contributed by atoms with Gasteiger partial charge in [-0.15, -0.1) is 0 Å². The van der Waals surface area contributed by atoms with Crippen LogP contribution < -0.4 is 9.64 Å². The molecule has 2 aromatic heterocycles. The van der Waals surface area contributed by atoms with Crippen molar-refractivity contribution in [1.82, 2.24) is 24.8 Å². The molecular formula is C34H34ClN7O2. The van der Waals surface area contributed by atoms with Gasteiger partial charge in [-0.2, -0.15) is 15.2 Å². The Morgan fingerprint density at radius 2 is 1.98 bits per heavy atom. The van der Waals surface area contributed by atoms with Gasteiger partial charge in [0, 0.05) is 58.8 Å². The van der Waals surface area contributed by atoms with Crippen LogP contribution in [0.1, 0.15) is 32.1 Å². The van der Waals surface area contributed by atoms with Crippen molar-refractivity contribution in [2.75, 3.05) is 44.2 Å². The SMILES string of the molecule is C=CC(=O)N1CCN(c2nc(OCC34CCCN3CCC4)nc3cc(-c4cncc5cccc(Cl)c45)ccc23)C[C@@H]1CC#N. The van der Waals surface area contributed by atoms with Crippen LogP contribution in [-0.2, 0) is 4.79 Å². The van der Waals surface area contributed by atoms with Crippen LogP contribution >= 0.6 is 11.6 Å². The van der Waals surface area contributed by atoms with Crippen LogP contribution in [0, 0.1) is 11.3 Å². The number of carbonyl (C=O) groups excluding carboxylic acids is 1. The number of nitrogens with zero attached hydrogens (tertiary/aromatic N) is 7. The number of piperazine rings is 1. The Hall–Kier alpha value is -4.26. The average molecular weight is 608 g/mol. The van der Waals surface area contributed by atoms with Gasteiger partial charge in [0.15, 0.2) is 0 Å². The summed E-state index contributed by atoms with van der Waals surface area (Å²) >= 11 is 6.67. The lowest BCUT2D eigenvalue weighted by atomic mass is 9.95. The topological polar surface area (TPSA) is 98.5 Å². The number of nitriles is 1. The first-order valence-electron chi connectivity index (χ1n) is 15.3. The van der Waals surface area contributed by atoms with E-state index in [1.807, 2.05) is 48.8 Å². The summed E-state index contributed by atoms with van der Waals surface area (Å²) < 4.78 is 6.47. The summed E-state index contributed by atoms with van der Waals surface area (Å²) in [6.45, 7) is 7.95. The molecule has 2 aromatic carbocycles. The standard InChI is InChI=1S/C34H34ClN7O2/c1-2-30(43)42-17-16-40(21-25(42)10-13-36)32-26-9-8-23(27-20-37-19-24-6-3-7-28(35)31(24)27)18-29(26)38-33(39-32)44-22-34-11-4-14-41(34)15-5-12-34/h2-3,6-9,18-20,25H,1,4-5,10-12,14-17,21-22H2/t25-/m0/s1. The summed E-state index contributed by atoms with van der Waals surface area (Å²) in [5.74, 6) is 0.580. The highest BCUT2D eigenvalue weighted by Gasteiger charge is 2.45. The van der Waals surface area contributed by atoms with Gasteiger partial charge in [-0.3, -0.25) is 14.7 Å². The fourth-order valence-corrected chi connectivity index (χ4v) is 7.65. The Labute approximate surface area is 261 Å². The number of aromatic nitrogens is 3. The number of anilines is 1. The van der Waals surface area contributed by atoms with E-state index in [1.165, 1.54) is 18.9 Å². The summed E-state index contributed by atoms with van der Waals surface area (Å²) in [5, 5.41) is 13.0. The molecule has 3 aliphatic heterocycles. The third-order valence-electron chi connectivity index (χ3n) is 9.55. The number of hydrogen-bond acceptors (Lipinski definition) is 8. The summed E-state index contributed by atoms with van der Waals surface area (Å²) in [7, 11) is 0. The Morgan fingerprint density at radius 1 is 1.14 bits per heavy atom. The normalized spacial score (nSPS) is 19.7. The maximum absolute atomic E-state index is 12.6. The van der Waals surface area contributed by atoms with Crippen LogP contribution in [-0.4, -0.2) is 81.6 Å². The minimum absolute atomic E-state index is 0.0558. The van der Waals surface area contributed by atoms with Crippen LogP contribution in [0.3, 0.4) is 0 Å². The molecule has 9 nitrogen and oxygen atoms in total. The van der Waals surface area contributed by atoms with Crippen molar-refractivity contribution in [1.29, 1.82) is 5.26 Å². The first kappa shape index (κ1) is 28.5. The first-order valence-corrected chi connectivity index (χ1v) is 15.6. The van der Waals surface area contributed by atoms with Gasteiger partial charge in [0.05, 0.1) is 29.6 Å². The van der Waals surface area contributed by atoms with E-state index in [4.69, 9.17) is 26.3 Å². The summed E-state index contributed by atoms with van der Waals surface area (Å²) in [6, 6.07) is 14.3. The van der Waals surface area contributed by atoms with E-state index in [9.17, 15) is 10.1 Å². The summed E-state index contributed by atoms with van der Waals surface area (Å²) in [6.07, 6.45) is 9.82. The van der Waals surface area contributed by atoms with Crippen molar-refractivity contribution < 1.29 is 9.53 Å². The second kappa shape index (κ2) is 11.7. The molecule has 3 aliphatic rings. The molecule has 0 saturated carbocycles. The smallest absolute Gasteiger partial charge is 0.319 e. The average Bonchev–Trinajstić information content (AvgIpc) is 3.63. The van der Waals surface area contributed by atoms with Gasteiger partial charge in [0.2, 0.25) is 5.91 Å². The van der Waals surface area contributed by atoms with Gasteiger partial charge in [0.1, 0.15) is 12.4 Å². The van der Waals surface area contributed by atoms with Crippen LogP contribution in [0.5, 0.6) is 6.01 Å². The lowest BCUT2D eigenvalue weighted by molar-refractivity contribution is -0.128. The van der Waals surface area contributed by atoms with Gasteiger partial charge in [-0.05, 0) is 68.6 Å². The number of hydrogen-bond donors (Lipinski definition) is 0. The lowest BCUT2D eigenvalue weighted by Gasteiger charge is -2.41. The largest absolute Gasteiger partial charge is 0.461 e. The number of ether oxygens (including phenoxy) is 1. The molecule has 0 radical (unpaired) electrons. The number of carbonyl (C=O) groups is 1. The van der Waals surface area contributed by atoms with E-state index < -0.39 is 0 Å². The summed E-state index contributed by atoms with van der Waals surface area (Å²) in [4.78, 5) is 33.4. The molecule has 44 heavy (non-hydrogen) atoms. The monoisotopic (exact) mass is 607 g/mol. The Kier molecular flexibility index (Phi) is 7.57. The molecule has 1 amide bonds. The molecule has 5 heterocycles. The quantitative estimate of drug-likeness (QED) is 0.250. The number of fused-ring (bicyclic) bond motifs is 3. The summed E-state index contributed by atoms with van der Waals surface area (Å²) in [5.41, 5.74) is 2.68. The van der Waals surface area contributed by atoms with E-state index in [1.54, 1.807) is 4.90 Å². The van der Waals surface area contributed by atoms with Crippen LogP contribution in [0.15, 0.2) is 61.4 Å². The van der Waals surface area contributed by atoms with Crippen LogP contribution in [0.2, 0.25) is 5.02 Å². The predicted molar refractivity (Wildman–Crippen MR) is 172 cm³/mol. The Balaban J connectivity index is 1.30. The zero-order valence-corrected chi connectivity index (χ0v) is 25.3. The van der Waals surface area contributed by atoms with E-state index in [2.05, 4.69) is 27.4 Å². The van der Waals surface area contributed by atoms with Gasteiger partial charge < -0.3 is 14.5 Å². The minimum atomic E-state index is -0.277.